The lowest BCUT2D eigenvalue weighted by Gasteiger charge is -2.38. The molecule has 2 heterocycles. The van der Waals surface area contributed by atoms with Crippen LogP contribution in [0.2, 0.25) is 0 Å². The van der Waals surface area contributed by atoms with E-state index in [4.69, 9.17) is 19.3 Å². The average molecular weight is 402 g/mol. The van der Waals surface area contributed by atoms with Crippen molar-refractivity contribution < 1.29 is 19.3 Å². The monoisotopic (exact) mass is 402 g/mol. The van der Waals surface area contributed by atoms with E-state index in [0.29, 0.717) is 17.9 Å². The molecule has 0 amide bonds. The summed E-state index contributed by atoms with van der Waals surface area (Å²) in [7, 11) is 3.24. The van der Waals surface area contributed by atoms with Gasteiger partial charge in [-0.25, -0.2) is 5.01 Å². The summed E-state index contributed by atoms with van der Waals surface area (Å²) in [6.45, 7) is 0. The number of hydrogen-bond acceptors (Lipinski definition) is 6. The van der Waals surface area contributed by atoms with E-state index in [2.05, 4.69) is 6.07 Å². The van der Waals surface area contributed by atoms with Crippen molar-refractivity contribution in [2.75, 3.05) is 14.2 Å². The molecule has 3 aromatic carbocycles. The predicted octanol–water partition coefficient (Wildman–Crippen LogP) is 4.65. The van der Waals surface area contributed by atoms with E-state index in [1.807, 2.05) is 59.6 Å². The zero-order valence-corrected chi connectivity index (χ0v) is 16.8. The summed E-state index contributed by atoms with van der Waals surface area (Å²) in [5, 5.41) is 17.2. The summed E-state index contributed by atoms with van der Waals surface area (Å²) in [5.41, 5.74) is 3.47. The number of nitrogens with zero attached hydrogens (tertiary/aromatic N) is 2. The third-order valence-corrected chi connectivity index (χ3v) is 5.61. The molecule has 0 bridgehead atoms. The van der Waals surface area contributed by atoms with Crippen molar-refractivity contribution in [3.8, 4) is 23.0 Å². The number of ether oxygens (including phenoxy) is 3. The highest BCUT2D eigenvalue weighted by molar-refractivity contribution is 6.04. The van der Waals surface area contributed by atoms with Gasteiger partial charge >= 0.3 is 0 Å². The van der Waals surface area contributed by atoms with Crippen molar-refractivity contribution >= 4 is 5.71 Å². The van der Waals surface area contributed by atoms with Crippen molar-refractivity contribution in [3.05, 3.63) is 83.4 Å². The van der Waals surface area contributed by atoms with Crippen LogP contribution < -0.4 is 14.2 Å². The van der Waals surface area contributed by atoms with Gasteiger partial charge in [0.1, 0.15) is 11.5 Å². The van der Waals surface area contributed by atoms with Crippen LogP contribution in [0.4, 0.5) is 0 Å². The second-order valence-corrected chi connectivity index (χ2v) is 7.25. The fraction of sp³-hybridized carbons (Fsp3) is 0.208. The Kier molecular flexibility index (Phi) is 4.47. The molecule has 0 saturated heterocycles. The molecule has 2 atom stereocenters. The van der Waals surface area contributed by atoms with E-state index >= 15 is 0 Å². The minimum atomic E-state index is -0.488. The summed E-state index contributed by atoms with van der Waals surface area (Å²) in [4.78, 5) is 0. The summed E-state index contributed by atoms with van der Waals surface area (Å²) in [6, 6.07) is 21.0. The highest BCUT2D eigenvalue weighted by Crippen LogP contribution is 2.50. The number of phenols is 1. The molecular formula is C24H22N2O4. The topological polar surface area (TPSA) is 63.5 Å². The minimum absolute atomic E-state index is 0.00883. The number of benzene rings is 3. The largest absolute Gasteiger partial charge is 0.507 e. The number of para-hydroxylation sites is 3. The molecule has 2 aliphatic rings. The number of aromatic hydroxyl groups is 1. The number of hydrazone groups is 1. The maximum atomic E-state index is 10.4. The highest BCUT2D eigenvalue weighted by atomic mass is 16.5. The van der Waals surface area contributed by atoms with Crippen molar-refractivity contribution in [3.63, 3.8) is 0 Å². The Morgan fingerprint density at radius 1 is 0.933 bits per heavy atom. The molecule has 6 heteroatoms. The van der Waals surface area contributed by atoms with Gasteiger partial charge in [-0.2, -0.15) is 5.10 Å². The Balaban J connectivity index is 1.65. The summed E-state index contributed by atoms with van der Waals surface area (Å²) in [5.74, 6) is 2.30. The van der Waals surface area contributed by atoms with E-state index in [-0.39, 0.29) is 11.8 Å². The Hall–Kier alpha value is -3.67. The molecule has 3 aromatic rings. The lowest BCUT2D eigenvalue weighted by Crippen LogP contribution is -2.34. The molecule has 0 radical (unpaired) electrons. The van der Waals surface area contributed by atoms with Crippen molar-refractivity contribution in [2.24, 2.45) is 5.10 Å². The summed E-state index contributed by atoms with van der Waals surface area (Å²) >= 11 is 0. The second-order valence-electron chi connectivity index (χ2n) is 7.25. The van der Waals surface area contributed by atoms with Crippen LogP contribution in [-0.2, 0) is 0 Å². The standard InChI is InChI=1S/C24H22N2O4/c1-28-22-13-7-10-17(23(22)29-2)24-26-19(16-9-4-6-12-21(16)30-24)14-18(25-26)15-8-3-5-11-20(15)27/h3-13,19,24,27H,14H2,1-2H3/t19-,24-/m1/s1. The van der Waals surface area contributed by atoms with E-state index in [9.17, 15) is 5.11 Å². The number of phenolic OH excluding ortho intramolecular Hbond substituents is 1. The molecule has 5 rings (SSSR count). The molecule has 1 N–H and O–H groups in total. The van der Waals surface area contributed by atoms with Crippen molar-refractivity contribution in [1.82, 2.24) is 5.01 Å². The lowest BCUT2D eigenvalue weighted by molar-refractivity contribution is -0.0205. The first-order valence-corrected chi connectivity index (χ1v) is 9.82. The maximum absolute atomic E-state index is 10.4. The molecule has 6 nitrogen and oxygen atoms in total. The van der Waals surface area contributed by atoms with Crippen LogP contribution in [0.15, 0.2) is 71.8 Å². The Bertz CT molecular complexity index is 1130. The predicted molar refractivity (Wildman–Crippen MR) is 113 cm³/mol. The summed E-state index contributed by atoms with van der Waals surface area (Å²) in [6.07, 6.45) is 0.180. The SMILES string of the molecule is COc1cccc([C@H]2Oc3ccccc3[C@H]3CC(c4ccccc4O)=NN32)c1OC. The molecule has 0 spiro atoms. The van der Waals surface area contributed by atoms with Crippen LogP contribution in [0.5, 0.6) is 23.0 Å². The normalized spacial score (nSPS) is 19.4. The maximum Gasteiger partial charge on any atom is 0.217 e. The van der Waals surface area contributed by atoms with E-state index in [1.165, 1.54) is 0 Å². The van der Waals surface area contributed by atoms with Crippen LogP contribution in [0.1, 0.15) is 35.4 Å². The van der Waals surface area contributed by atoms with Gasteiger partial charge in [0.2, 0.25) is 6.23 Å². The number of hydrogen-bond donors (Lipinski definition) is 1. The zero-order chi connectivity index (χ0) is 20.7. The van der Waals surface area contributed by atoms with Gasteiger partial charge in [-0.1, -0.05) is 36.4 Å². The van der Waals surface area contributed by atoms with Gasteiger partial charge in [0.25, 0.3) is 0 Å². The van der Waals surface area contributed by atoms with E-state index < -0.39 is 6.23 Å². The minimum Gasteiger partial charge on any atom is -0.507 e. The fourth-order valence-electron chi connectivity index (χ4n) is 4.23. The quantitative estimate of drug-likeness (QED) is 0.688. The second kappa shape index (κ2) is 7.30. The third-order valence-electron chi connectivity index (χ3n) is 5.61. The Morgan fingerprint density at radius 3 is 2.50 bits per heavy atom. The van der Waals surface area contributed by atoms with Crippen LogP contribution in [0.25, 0.3) is 0 Å². The molecule has 0 aromatic heterocycles. The smallest absolute Gasteiger partial charge is 0.217 e. The first-order chi connectivity index (χ1) is 14.7. The van der Waals surface area contributed by atoms with E-state index in [1.54, 1.807) is 20.3 Å². The molecule has 0 aliphatic carbocycles. The Morgan fingerprint density at radius 2 is 1.70 bits per heavy atom. The molecular weight excluding hydrogens is 380 g/mol. The molecule has 0 fully saturated rings. The number of rotatable bonds is 4. The number of fused-ring (bicyclic) bond motifs is 3. The lowest BCUT2D eigenvalue weighted by atomic mass is 9.95. The van der Waals surface area contributed by atoms with Crippen LogP contribution >= 0.6 is 0 Å². The molecule has 152 valence electrons. The fourth-order valence-corrected chi connectivity index (χ4v) is 4.23. The molecule has 30 heavy (non-hydrogen) atoms. The van der Waals surface area contributed by atoms with Crippen LogP contribution in [0, 0.1) is 0 Å². The molecule has 0 saturated carbocycles. The average Bonchev–Trinajstić information content (AvgIpc) is 3.23. The Labute approximate surface area is 174 Å². The first kappa shape index (κ1) is 18.4. The zero-order valence-electron chi connectivity index (χ0n) is 16.8. The first-order valence-electron chi connectivity index (χ1n) is 9.82. The molecule has 2 aliphatic heterocycles. The van der Waals surface area contributed by atoms with Gasteiger partial charge in [-0.05, 0) is 30.3 Å². The van der Waals surface area contributed by atoms with Gasteiger partial charge in [0.15, 0.2) is 11.5 Å². The molecule has 0 unspecified atom stereocenters. The number of methoxy groups -OCH3 is 2. The van der Waals surface area contributed by atoms with Crippen molar-refractivity contribution in [2.45, 2.75) is 18.7 Å². The third kappa shape index (κ3) is 2.84. The van der Waals surface area contributed by atoms with Crippen LogP contribution in [-0.4, -0.2) is 30.0 Å². The van der Waals surface area contributed by atoms with E-state index in [0.717, 1.165) is 28.2 Å². The van der Waals surface area contributed by atoms with Gasteiger partial charge in [-0.3, -0.25) is 0 Å². The van der Waals surface area contributed by atoms with Gasteiger partial charge < -0.3 is 19.3 Å². The highest BCUT2D eigenvalue weighted by Gasteiger charge is 2.42. The van der Waals surface area contributed by atoms with Crippen molar-refractivity contribution in [1.29, 1.82) is 0 Å². The van der Waals surface area contributed by atoms with Gasteiger partial charge in [0, 0.05) is 17.5 Å². The van der Waals surface area contributed by atoms with Gasteiger partial charge in [-0.15, -0.1) is 0 Å². The summed E-state index contributed by atoms with van der Waals surface area (Å²) < 4.78 is 17.6. The van der Waals surface area contributed by atoms with Crippen LogP contribution in [0.3, 0.4) is 0 Å². The van der Waals surface area contributed by atoms with Gasteiger partial charge in [0.05, 0.1) is 31.5 Å².